The van der Waals surface area contributed by atoms with E-state index in [0.29, 0.717) is 36.0 Å². The molecule has 2 aromatic carbocycles. The molecule has 0 saturated heterocycles. The Morgan fingerprint density at radius 3 is 2.48 bits per heavy atom. The van der Waals surface area contributed by atoms with E-state index in [1.54, 1.807) is 45.0 Å². The second kappa shape index (κ2) is 9.21. The van der Waals surface area contributed by atoms with E-state index in [9.17, 15) is 13.5 Å². The Hall–Kier alpha value is -2.09. The van der Waals surface area contributed by atoms with Crippen LogP contribution in [0.25, 0.3) is 0 Å². The summed E-state index contributed by atoms with van der Waals surface area (Å²) in [5.41, 5.74) is 0.855. The van der Waals surface area contributed by atoms with Gasteiger partial charge >= 0.3 is 0 Å². The second-order valence-corrected chi connectivity index (χ2v) is 7.96. The SMILES string of the molecule is CCOc1ccc(N=Cc2cc(Cl)ccc2O)cc1S(=O)(=O)N(CC)CC. The van der Waals surface area contributed by atoms with E-state index in [0.717, 1.165) is 0 Å². The average Bonchev–Trinajstić information content (AvgIpc) is 2.64. The molecule has 0 aromatic heterocycles. The van der Waals surface area contributed by atoms with Crippen molar-refractivity contribution in [2.24, 2.45) is 4.99 Å². The number of sulfonamides is 1. The van der Waals surface area contributed by atoms with Crippen molar-refractivity contribution in [3.05, 3.63) is 47.0 Å². The molecule has 0 aliphatic rings. The number of nitrogens with zero attached hydrogens (tertiary/aromatic N) is 2. The molecule has 6 nitrogen and oxygen atoms in total. The molecule has 2 aromatic rings. The van der Waals surface area contributed by atoms with Crippen molar-refractivity contribution in [2.75, 3.05) is 19.7 Å². The maximum absolute atomic E-state index is 13.0. The minimum Gasteiger partial charge on any atom is -0.507 e. The molecule has 0 aliphatic heterocycles. The van der Waals surface area contributed by atoms with Gasteiger partial charge in [0, 0.05) is 29.9 Å². The van der Waals surface area contributed by atoms with Crippen LogP contribution in [0.5, 0.6) is 11.5 Å². The number of phenols is 1. The fourth-order valence-corrected chi connectivity index (χ4v) is 4.32. The van der Waals surface area contributed by atoms with Gasteiger partial charge in [0.05, 0.1) is 12.3 Å². The lowest BCUT2D eigenvalue weighted by atomic mass is 10.2. The number of halogens is 1. The van der Waals surface area contributed by atoms with E-state index in [1.165, 1.54) is 22.7 Å². The van der Waals surface area contributed by atoms with Gasteiger partial charge < -0.3 is 9.84 Å². The van der Waals surface area contributed by atoms with Gasteiger partial charge in [0.15, 0.2) is 0 Å². The molecule has 27 heavy (non-hydrogen) atoms. The van der Waals surface area contributed by atoms with Crippen molar-refractivity contribution in [2.45, 2.75) is 25.7 Å². The summed E-state index contributed by atoms with van der Waals surface area (Å²) >= 11 is 5.93. The Kier molecular flexibility index (Phi) is 7.24. The zero-order valence-corrected chi connectivity index (χ0v) is 17.1. The highest BCUT2D eigenvalue weighted by molar-refractivity contribution is 7.89. The fraction of sp³-hybridized carbons (Fsp3) is 0.316. The molecular weight excluding hydrogens is 388 g/mol. The summed E-state index contributed by atoms with van der Waals surface area (Å²) in [6.45, 7) is 6.42. The van der Waals surface area contributed by atoms with Crippen LogP contribution in [0.1, 0.15) is 26.3 Å². The molecule has 0 spiro atoms. The first-order valence-corrected chi connectivity index (χ1v) is 10.4. The zero-order chi connectivity index (χ0) is 20.0. The van der Waals surface area contributed by atoms with Crippen LogP contribution < -0.4 is 4.74 Å². The molecular formula is C19H23ClN2O4S. The van der Waals surface area contributed by atoms with E-state index in [1.807, 2.05) is 0 Å². The Morgan fingerprint density at radius 2 is 1.85 bits per heavy atom. The summed E-state index contributed by atoms with van der Waals surface area (Å²) in [6.07, 6.45) is 1.44. The molecule has 1 N–H and O–H groups in total. The van der Waals surface area contributed by atoms with Crippen LogP contribution in [0.15, 0.2) is 46.3 Å². The molecule has 8 heteroatoms. The average molecular weight is 411 g/mol. The normalized spacial score (nSPS) is 12.0. The van der Waals surface area contributed by atoms with Gasteiger partial charge in [-0.25, -0.2) is 8.42 Å². The third kappa shape index (κ3) is 5.00. The van der Waals surface area contributed by atoms with Crippen molar-refractivity contribution >= 4 is 33.5 Å². The largest absolute Gasteiger partial charge is 0.507 e. The first-order chi connectivity index (χ1) is 12.8. The molecule has 0 amide bonds. The van der Waals surface area contributed by atoms with Crippen LogP contribution >= 0.6 is 11.6 Å². The number of phenolic OH excluding ortho intramolecular Hbond substituents is 1. The molecule has 146 valence electrons. The van der Waals surface area contributed by atoms with Gasteiger partial charge in [0.2, 0.25) is 10.0 Å². The molecule has 0 radical (unpaired) electrons. The number of ether oxygens (including phenoxy) is 1. The molecule has 0 saturated carbocycles. The summed E-state index contributed by atoms with van der Waals surface area (Å²) in [5, 5.41) is 10.3. The number of aliphatic imine (C=N–C) groups is 1. The summed E-state index contributed by atoms with van der Waals surface area (Å²) in [7, 11) is -3.71. The minimum absolute atomic E-state index is 0.0325. The Labute approximate surface area is 165 Å². The summed E-state index contributed by atoms with van der Waals surface area (Å²) in [5.74, 6) is 0.319. The van der Waals surface area contributed by atoms with Gasteiger partial charge in [0.25, 0.3) is 0 Å². The molecule has 0 unspecified atom stereocenters. The monoisotopic (exact) mass is 410 g/mol. The molecule has 2 rings (SSSR count). The summed E-state index contributed by atoms with van der Waals surface area (Å²) in [4.78, 5) is 4.35. The lowest BCUT2D eigenvalue weighted by molar-refractivity contribution is 0.329. The quantitative estimate of drug-likeness (QED) is 0.660. The van der Waals surface area contributed by atoms with Gasteiger partial charge in [-0.1, -0.05) is 25.4 Å². The van der Waals surface area contributed by atoms with Crippen LogP contribution in [-0.4, -0.2) is 43.7 Å². The van der Waals surface area contributed by atoms with E-state index in [2.05, 4.69) is 4.99 Å². The topological polar surface area (TPSA) is 79.2 Å². The van der Waals surface area contributed by atoms with E-state index in [-0.39, 0.29) is 16.4 Å². The van der Waals surface area contributed by atoms with E-state index >= 15 is 0 Å². The number of rotatable bonds is 8. The van der Waals surface area contributed by atoms with Crippen LogP contribution in [0, 0.1) is 0 Å². The molecule has 0 atom stereocenters. The smallest absolute Gasteiger partial charge is 0.246 e. The first kappa shape index (κ1) is 21.2. The van der Waals surface area contributed by atoms with Crippen LogP contribution in [-0.2, 0) is 10.0 Å². The van der Waals surface area contributed by atoms with Gasteiger partial charge in [-0.2, -0.15) is 4.31 Å². The maximum atomic E-state index is 13.0. The zero-order valence-electron chi connectivity index (χ0n) is 15.5. The maximum Gasteiger partial charge on any atom is 0.246 e. The molecule has 0 heterocycles. The lowest BCUT2D eigenvalue weighted by Gasteiger charge is -2.20. The predicted molar refractivity (Wildman–Crippen MR) is 108 cm³/mol. The van der Waals surface area contributed by atoms with Gasteiger partial charge in [-0.3, -0.25) is 4.99 Å². The summed E-state index contributed by atoms with van der Waals surface area (Å²) in [6, 6.07) is 9.33. The van der Waals surface area contributed by atoms with Crippen molar-refractivity contribution in [1.82, 2.24) is 4.31 Å². The molecule has 0 aliphatic carbocycles. The first-order valence-electron chi connectivity index (χ1n) is 8.63. The van der Waals surface area contributed by atoms with Crippen LogP contribution in [0.3, 0.4) is 0 Å². The Balaban J connectivity index is 2.48. The van der Waals surface area contributed by atoms with E-state index < -0.39 is 10.0 Å². The lowest BCUT2D eigenvalue weighted by Crippen LogP contribution is -2.30. The highest BCUT2D eigenvalue weighted by atomic mass is 35.5. The molecule has 0 bridgehead atoms. The Morgan fingerprint density at radius 1 is 1.15 bits per heavy atom. The third-order valence-corrected chi connectivity index (χ3v) is 6.20. The van der Waals surface area contributed by atoms with Crippen LogP contribution in [0.2, 0.25) is 5.02 Å². The Bertz CT molecular complexity index is 925. The van der Waals surface area contributed by atoms with Crippen molar-refractivity contribution < 1.29 is 18.3 Å². The number of aromatic hydroxyl groups is 1. The van der Waals surface area contributed by atoms with Crippen molar-refractivity contribution in [1.29, 1.82) is 0 Å². The second-order valence-electron chi connectivity index (χ2n) is 5.61. The third-order valence-electron chi connectivity index (χ3n) is 3.89. The standard InChI is InChI=1S/C19H23ClN2O4S/c1-4-22(5-2)27(24,25)19-12-16(8-10-18(19)26-6-3)21-13-14-11-15(20)7-9-17(14)23/h7-13,23H,4-6H2,1-3H3. The minimum atomic E-state index is -3.71. The van der Waals surface area contributed by atoms with Gasteiger partial charge in [-0.15, -0.1) is 0 Å². The highest BCUT2D eigenvalue weighted by Gasteiger charge is 2.26. The van der Waals surface area contributed by atoms with E-state index in [4.69, 9.17) is 16.3 Å². The summed E-state index contributed by atoms with van der Waals surface area (Å²) < 4.78 is 32.8. The number of hydrogen-bond donors (Lipinski definition) is 1. The predicted octanol–water partition coefficient (Wildman–Crippen LogP) is 4.23. The van der Waals surface area contributed by atoms with Gasteiger partial charge in [-0.05, 0) is 43.3 Å². The fourth-order valence-electron chi connectivity index (χ4n) is 2.53. The number of hydrogen-bond acceptors (Lipinski definition) is 5. The van der Waals surface area contributed by atoms with Crippen molar-refractivity contribution in [3.8, 4) is 11.5 Å². The van der Waals surface area contributed by atoms with Gasteiger partial charge in [0.1, 0.15) is 16.4 Å². The van der Waals surface area contributed by atoms with Crippen molar-refractivity contribution in [3.63, 3.8) is 0 Å². The molecule has 0 fully saturated rings. The highest BCUT2D eigenvalue weighted by Crippen LogP contribution is 2.31. The van der Waals surface area contributed by atoms with Crippen LogP contribution in [0.4, 0.5) is 5.69 Å². The number of benzene rings is 2.